The van der Waals surface area contributed by atoms with Crippen molar-refractivity contribution in [1.29, 1.82) is 0 Å². The molecule has 0 fully saturated rings. The first-order chi connectivity index (χ1) is 13.2. The SMILES string of the molecule is O=C1N=C2C=CC=CC2S/C1=C/c1ccc(C(=O)NCc2cccs2)cc1. The molecule has 0 spiro atoms. The largest absolute Gasteiger partial charge is 0.347 e. The molecule has 134 valence electrons. The van der Waals surface area contributed by atoms with Gasteiger partial charge in [0.15, 0.2) is 0 Å². The summed E-state index contributed by atoms with van der Waals surface area (Å²) >= 11 is 3.11. The van der Waals surface area contributed by atoms with E-state index in [2.05, 4.69) is 10.3 Å². The Morgan fingerprint density at radius 3 is 2.81 bits per heavy atom. The van der Waals surface area contributed by atoms with Gasteiger partial charge in [0.05, 0.1) is 22.4 Å². The fourth-order valence-corrected chi connectivity index (χ4v) is 4.42. The van der Waals surface area contributed by atoms with E-state index < -0.39 is 0 Å². The molecular formula is C21H16N2O2S2. The highest BCUT2D eigenvalue weighted by molar-refractivity contribution is 8.05. The molecule has 0 saturated heterocycles. The van der Waals surface area contributed by atoms with Crippen LogP contribution in [-0.2, 0) is 11.3 Å². The summed E-state index contributed by atoms with van der Waals surface area (Å²) in [5, 5.41) is 4.98. The average Bonchev–Trinajstić information content (AvgIpc) is 3.21. The van der Waals surface area contributed by atoms with Crippen LogP contribution in [0.1, 0.15) is 20.8 Å². The molecule has 0 bridgehead atoms. The van der Waals surface area contributed by atoms with Crippen molar-refractivity contribution < 1.29 is 9.59 Å². The van der Waals surface area contributed by atoms with Crippen molar-refractivity contribution in [3.05, 3.63) is 87.0 Å². The molecule has 1 aliphatic heterocycles. The van der Waals surface area contributed by atoms with Gasteiger partial charge in [-0.15, -0.1) is 23.1 Å². The Hall–Kier alpha value is -2.70. The van der Waals surface area contributed by atoms with Gasteiger partial charge in [-0.1, -0.05) is 36.4 Å². The van der Waals surface area contributed by atoms with Crippen LogP contribution in [0.25, 0.3) is 6.08 Å². The van der Waals surface area contributed by atoms with Crippen LogP contribution in [0, 0.1) is 0 Å². The number of carbonyl (C=O) groups is 2. The molecule has 1 N–H and O–H groups in total. The molecule has 6 heteroatoms. The Kier molecular flexibility index (Phi) is 5.18. The molecule has 1 aromatic carbocycles. The quantitative estimate of drug-likeness (QED) is 0.792. The third-order valence-electron chi connectivity index (χ3n) is 4.12. The van der Waals surface area contributed by atoms with Gasteiger partial charge in [-0.05, 0) is 41.3 Å². The lowest BCUT2D eigenvalue weighted by Gasteiger charge is -2.20. The van der Waals surface area contributed by atoms with Crippen LogP contribution < -0.4 is 5.32 Å². The monoisotopic (exact) mass is 392 g/mol. The topological polar surface area (TPSA) is 58.5 Å². The molecule has 4 nitrogen and oxygen atoms in total. The van der Waals surface area contributed by atoms with Gasteiger partial charge in [0.2, 0.25) is 0 Å². The summed E-state index contributed by atoms with van der Waals surface area (Å²) in [5.74, 6) is -0.330. The highest BCUT2D eigenvalue weighted by Gasteiger charge is 2.25. The molecule has 1 aliphatic carbocycles. The predicted molar refractivity (Wildman–Crippen MR) is 112 cm³/mol. The van der Waals surface area contributed by atoms with Crippen LogP contribution in [0.5, 0.6) is 0 Å². The first-order valence-electron chi connectivity index (χ1n) is 8.46. The summed E-state index contributed by atoms with van der Waals surface area (Å²) in [6.45, 7) is 0.525. The van der Waals surface area contributed by atoms with Crippen molar-refractivity contribution in [3.8, 4) is 0 Å². The molecule has 2 heterocycles. The van der Waals surface area contributed by atoms with Crippen LogP contribution in [0.3, 0.4) is 0 Å². The second-order valence-corrected chi connectivity index (χ2v) is 8.23. The van der Waals surface area contributed by atoms with E-state index in [1.54, 1.807) is 23.5 Å². The molecule has 27 heavy (non-hydrogen) atoms. The number of fused-ring (bicyclic) bond motifs is 1. The summed E-state index contributed by atoms with van der Waals surface area (Å²) in [4.78, 5) is 30.4. The maximum atomic E-state index is 12.2. The molecule has 4 rings (SSSR count). The van der Waals surface area contributed by atoms with E-state index >= 15 is 0 Å². The number of hydrogen-bond donors (Lipinski definition) is 1. The highest BCUT2D eigenvalue weighted by atomic mass is 32.2. The number of hydrogen-bond acceptors (Lipinski definition) is 4. The lowest BCUT2D eigenvalue weighted by molar-refractivity contribution is -0.113. The smallest absolute Gasteiger partial charge is 0.283 e. The van der Waals surface area contributed by atoms with Crippen molar-refractivity contribution in [2.75, 3.05) is 0 Å². The predicted octanol–water partition coefficient (Wildman–Crippen LogP) is 4.23. The van der Waals surface area contributed by atoms with Crippen LogP contribution >= 0.6 is 23.1 Å². The number of thioether (sulfide) groups is 1. The third kappa shape index (κ3) is 4.18. The summed E-state index contributed by atoms with van der Waals surface area (Å²) < 4.78 is 0. The zero-order valence-electron chi connectivity index (χ0n) is 14.3. The molecule has 2 amide bonds. The first kappa shape index (κ1) is 17.7. The van der Waals surface area contributed by atoms with E-state index in [0.717, 1.165) is 16.2 Å². The Morgan fingerprint density at radius 1 is 1.19 bits per heavy atom. The number of aliphatic imine (C=N–C) groups is 1. The van der Waals surface area contributed by atoms with Crippen LogP contribution in [0.2, 0.25) is 0 Å². The van der Waals surface area contributed by atoms with E-state index in [0.29, 0.717) is 17.0 Å². The highest BCUT2D eigenvalue weighted by Crippen LogP contribution is 2.32. The fourth-order valence-electron chi connectivity index (χ4n) is 2.73. The Balaban J connectivity index is 1.44. The standard InChI is InChI=1S/C21H16N2O2S2/c24-20(22-13-16-4-3-11-26-16)15-9-7-14(8-10-15)12-19-21(25)23-17-5-1-2-6-18(17)27-19/h1-12,18H,13H2,(H,22,24)/b19-12+. The van der Waals surface area contributed by atoms with Crippen LogP contribution in [0.4, 0.5) is 0 Å². The van der Waals surface area contributed by atoms with Crippen LogP contribution in [0.15, 0.2) is 76.0 Å². The zero-order valence-corrected chi connectivity index (χ0v) is 15.9. The summed E-state index contributed by atoms with van der Waals surface area (Å²) in [5.41, 5.74) is 2.26. The average molecular weight is 393 g/mol. The zero-order chi connectivity index (χ0) is 18.6. The molecule has 1 atom stereocenters. The minimum Gasteiger partial charge on any atom is -0.347 e. The number of rotatable bonds is 4. The number of nitrogens with zero attached hydrogens (tertiary/aromatic N) is 1. The van der Waals surface area contributed by atoms with E-state index in [9.17, 15) is 9.59 Å². The van der Waals surface area contributed by atoms with Crippen molar-refractivity contribution in [2.24, 2.45) is 4.99 Å². The van der Waals surface area contributed by atoms with Crippen LogP contribution in [-0.4, -0.2) is 22.8 Å². The van der Waals surface area contributed by atoms with E-state index in [4.69, 9.17) is 0 Å². The summed E-state index contributed by atoms with van der Waals surface area (Å²) in [7, 11) is 0. The second kappa shape index (κ2) is 7.90. The third-order valence-corrected chi connectivity index (χ3v) is 6.20. The number of carbonyl (C=O) groups excluding carboxylic acids is 2. The van der Waals surface area contributed by atoms with E-state index in [1.165, 1.54) is 11.8 Å². The van der Waals surface area contributed by atoms with Gasteiger partial charge in [-0.2, -0.15) is 0 Å². The van der Waals surface area contributed by atoms with Gasteiger partial charge < -0.3 is 5.32 Å². The minimum atomic E-state index is -0.219. The van der Waals surface area contributed by atoms with Gasteiger partial charge in [0.1, 0.15) is 0 Å². The number of nitrogens with one attached hydrogen (secondary N) is 1. The molecule has 2 aliphatic rings. The summed E-state index contributed by atoms with van der Waals surface area (Å²) in [6.07, 6.45) is 9.58. The van der Waals surface area contributed by atoms with Crippen molar-refractivity contribution in [1.82, 2.24) is 5.32 Å². The Morgan fingerprint density at radius 2 is 2.04 bits per heavy atom. The molecule has 0 saturated carbocycles. The number of amides is 2. The van der Waals surface area contributed by atoms with Crippen molar-refractivity contribution >= 4 is 46.7 Å². The molecule has 0 radical (unpaired) electrons. The number of allylic oxidation sites excluding steroid dienone is 3. The molecule has 2 aromatic rings. The lowest BCUT2D eigenvalue weighted by atomic mass is 10.1. The Bertz CT molecular complexity index is 984. The maximum absolute atomic E-state index is 12.2. The van der Waals surface area contributed by atoms with Gasteiger partial charge in [-0.25, -0.2) is 4.99 Å². The molecule has 1 unspecified atom stereocenters. The number of benzene rings is 1. The van der Waals surface area contributed by atoms with Gasteiger partial charge in [-0.3, -0.25) is 9.59 Å². The normalized spacial score (nSPS) is 19.7. The first-order valence-corrected chi connectivity index (χ1v) is 10.2. The van der Waals surface area contributed by atoms with Gasteiger partial charge in [0.25, 0.3) is 11.8 Å². The second-order valence-electron chi connectivity index (χ2n) is 6.02. The molecule has 1 aromatic heterocycles. The van der Waals surface area contributed by atoms with Crippen molar-refractivity contribution in [3.63, 3.8) is 0 Å². The van der Waals surface area contributed by atoms with E-state index in [1.807, 2.05) is 60.0 Å². The lowest BCUT2D eigenvalue weighted by Crippen LogP contribution is -2.22. The van der Waals surface area contributed by atoms with Gasteiger partial charge >= 0.3 is 0 Å². The molecular weight excluding hydrogens is 376 g/mol. The number of thiophene rings is 1. The minimum absolute atomic E-state index is 0.0845. The van der Waals surface area contributed by atoms with Gasteiger partial charge in [0, 0.05) is 10.4 Å². The Labute approximate surface area is 165 Å². The van der Waals surface area contributed by atoms with Crippen molar-refractivity contribution in [2.45, 2.75) is 11.8 Å². The fraction of sp³-hybridized carbons (Fsp3) is 0.0952. The van der Waals surface area contributed by atoms with E-state index in [-0.39, 0.29) is 17.1 Å². The summed E-state index contributed by atoms with van der Waals surface area (Å²) in [6, 6.07) is 11.2. The maximum Gasteiger partial charge on any atom is 0.283 e.